The van der Waals surface area contributed by atoms with Gasteiger partial charge in [0.2, 0.25) is 6.79 Å². The number of urea groups is 1. The Balaban J connectivity index is 1.43. The first-order valence-electron chi connectivity index (χ1n) is 9.28. The summed E-state index contributed by atoms with van der Waals surface area (Å²) in [6, 6.07) is 12.3. The van der Waals surface area contributed by atoms with Crippen LogP contribution in [0.25, 0.3) is 0 Å². The molecule has 1 unspecified atom stereocenters. The van der Waals surface area contributed by atoms with E-state index in [1.54, 1.807) is 42.3 Å². The lowest BCUT2D eigenvalue weighted by molar-refractivity contribution is 0.0848. The average molecular weight is 382 g/mol. The fourth-order valence-corrected chi connectivity index (χ4v) is 3.62. The van der Waals surface area contributed by atoms with Crippen molar-refractivity contribution in [3.8, 4) is 17.2 Å². The van der Waals surface area contributed by atoms with E-state index in [-0.39, 0.29) is 24.5 Å². The molecule has 2 aromatic rings. The van der Waals surface area contributed by atoms with Gasteiger partial charge in [-0.15, -0.1) is 0 Å². The van der Waals surface area contributed by atoms with E-state index in [0.29, 0.717) is 41.6 Å². The molecule has 2 aromatic carbocycles. The molecule has 146 valence electrons. The number of hydrogen-bond acceptors (Lipinski definition) is 5. The van der Waals surface area contributed by atoms with Gasteiger partial charge in [0.1, 0.15) is 5.75 Å². The van der Waals surface area contributed by atoms with Crippen molar-refractivity contribution in [2.45, 2.75) is 12.8 Å². The summed E-state index contributed by atoms with van der Waals surface area (Å²) >= 11 is 0. The highest BCUT2D eigenvalue weighted by Crippen LogP contribution is 2.34. The number of ketones is 1. The highest BCUT2D eigenvalue weighted by molar-refractivity contribution is 6.01. The van der Waals surface area contributed by atoms with Gasteiger partial charge in [-0.3, -0.25) is 4.79 Å². The summed E-state index contributed by atoms with van der Waals surface area (Å²) in [6.07, 6.45) is 1.53. The maximum Gasteiger partial charge on any atom is 0.321 e. The van der Waals surface area contributed by atoms with Crippen molar-refractivity contribution in [2.75, 3.05) is 32.3 Å². The van der Waals surface area contributed by atoms with Crippen LogP contribution >= 0.6 is 0 Å². The van der Waals surface area contributed by atoms with Crippen molar-refractivity contribution in [2.24, 2.45) is 5.92 Å². The topological polar surface area (TPSA) is 77.1 Å². The van der Waals surface area contributed by atoms with Gasteiger partial charge < -0.3 is 24.4 Å². The van der Waals surface area contributed by atoms with E-state index in [4.69, 9.17) is 14.2 Å². The van der Waals surface area contributed by atoms with Crippen LogP contribution in [-0.4, -0.2) is 43.7 Å². The van der Waals surface area contributed by atoms with Gasteiger partial charge in [-0.1, -0.05) is 12.1 Å². The molecule has 0 aliphatic carbocycles. The number of likely N-dealkylation sites (tertiary alicyclic amines) is 1. The summed E-state index contributed by atoms with van der Waals surface area (Å²) in [4.78, 5) is 27.4. The summed E-state index contributed by atoms with van der Waals surface area (Å²) in [6.45, 7) is 1.19. The lowest BCUT2D eigenvalue weighted by Crippen LogP contribution is -2.44. The van der Waals surface area contributed by atoms with E-state index >= 15 is 0 Å². The third-order valence-corrected chi connectivity index (χ3v) is 5.08. The zero-order valence-electron chi connectivity index (χ0n) is 15.6. The zero-order valence-corrected chi connectivity index (χ0v) is 15.6. The second-order valence-corrected chi connectivity index (χ2v) is 6.85. The lowest BCUT2D eigenvalue weighted by atomic mass is 9.89. The number of carbonyl (C=O) groups is 2. The number of methoxy groups -OCH3 is 1. The summed E-state index contributed by atoms with van der Waals surface area (Å²) < 4.78 is 15.9. The Morgan fingerprint density at radius 3 is 2.82 bits per heavy atom. The van der Waals surface area contributed by atoms with Crippen LogP contribution in [0.2, 0.25) is 0 Å². The Morgan fingerprint density at radius 2 is 1.96 bits per heavy atom. The van der Waals surface area contributed by atoms with Crippen LogP contribution in [-0.2, 0) is 0 Å². The number of ether oxygens (including phenoxy) is 3. The summed E-state index contributed by atoms with van der Waals surface area (Å²) in [5.41, 5.74) is 1.19. The van der Waals surface area contributed by atoms with E-state index < -0.39 is 0 Å². The summed E-state index contributed by atoms with van der Waals surface area (Å²) in [7, 11) is 1.55. The first-order chi connectivity index (χ1) is 13.7. The van der Waals surface area contributed by atoms with Gasteiger partial charge in [0, 0.05) is 30.8 Å². The minimum absolute atomic E-state index is 0.0121. The van der Waals surface area contributed by atoms with Crippen LogP contribution < -0.4 is 19.5 Å². The number of piperidine rings is 1. The van der Waals surface area contributed by atoms with Crippen molar-refractivity contribution in [3.63, 3.8) is 0 Å². The fraction of sp³-hybridized carbons (Fsp3) is 0.333. The number of nitrogens with zero attached hydrogens (tertiary/aromatic N) is 1. The molecule has 1 saturated heterocycles. The molecular formula is C21H22N2O5. The smallest absolute Gasteiger partial charge is 0.321 e. The molecule has 1 atom stereocenters. The molecule has 2 aliphatic heterocycles. The Morgan fingerprint density at radius 1 is 1.14 bits per heavy atom. The normalized spacial score (nSPS) is 17.9. The van der Waals surface area contributed by atoms with Gasteiger partial charge in [-0.2, -0.15) is 0 Å². The monoisotopic (exact) mass is 382 g/mol. The van der Waals surface area contributed by atoms with Gasteiger partial charge in [-0.05, 0) is 37.1 Å². The standard InChI is InChI=1S/C21H22N2O5/c1-26-17-7-3-2-6-16(17)20(24)14-5-4-10-23(12-14)21(25)22-15-8-9-18-19(11-15)28-13-27-18/h2-3,6-9,11,14H,4-5,10,12-13H2,1H3,(H,22,25). The molecule has 7 nitrogen and oxygen atoms in total. The van der Waals surface area contributed by atoms with Crippen molar-refractivity contribution in [1.29, 1.82) is 0 Å². The minimum Gasteiger partial charge on any atom is -0.496 e. The molecule has 2 amide bonds. The number of anilines is 1. The number of hydrogen-bond donors (Lipinski definition) is 1. The molecule has 1 N–H and O–H groups in total. The van der Waals surface area contributed by atoms with E-state index in [0.717, 1.165) is 12.8 Å². The maximum atomic E-state index is 13.0. The SMILES string of the molecule is COc1ccccc1C(=O)C1CCCN(C(=O)Nc2ccc3c(c2)OCO3)C1. The van der Waals surface area contributed by atoms with E-state index in [9.17, 15) is 9.59 Å². The van der Waals surface area contributed by atoms with Gasteiger partial charge in [-0.25, -0.2) is 4.79 Å². The maximum absolute atomic E-state index is 13.0. The van der Waals surface area contributed by atoms with Gasteiger partial charge in [0.15, 0.2) is 17.3 Å². The van der Waals surface area contributed by atoms with Crippen LogP contribution in [0, 0.1) is 5.92 Å². The molecule has 0 spiro atoms. The van der Waals surface area contributed by atoms with Crippen molar-refractivity contribution in [1.82, 2.24) is 4.90 Å². The Kier molecular flexibility index (Phi) is 5.06. The summed E-state index contributed by atoms with van der Waals surface area (Å²) in [5.74, 6) is 1.61. The number of carbonyl (C=O) groups excluding carboxylic acids is 2. The zero-order chi connectivity index (χ0) is 19.5. The van der Waals surface area contributed by atoms with E-state index in [2.05, 4.69) is 5.32 Å². The van der Waals surface area contributed by atoms with Crippen molar-refractivity contribution < 1.29 is 23.8 Å². The lowest BCUT2D eigenvalue weighted by Gasteiger charge is -2.32. The van der Waals surface area contributed by atoms with Crippen LogP contribution in [0.15, 0.2) is 42.5 Å². The highest BCUT2D eigenvalue weighted by Gasteiger charge is 2.30. The van der Waals surface area contributed by atoms with Crippen molar-refractivity contribution in [3.05, 3.63) is 48.0 Å². The number of nitrogens with one attached hydrogen (secondary N) is 1. The van der Waals surface area contributed by atoms with Crippen LogP contribution in [0.3, 0.4) is 0 Å². The molecule has 7 heteroatoms. The second kappa shape index (κ2) is 7.80. The van der Waals surface area contributed by atoms with Gasteiger partial charge >= 0.3 is 6.03 Å². The molecule has 1 fully saturated rings. The molecule has 0 bridgehead atoms. The van der Waals surface area contributed by atoms with Gasteiger partial charge in [0.05, 0.1) is 12.7 Å². The third kappa shape index (κ3) is 3.60. The predicted molar refractivity (Wildman–Crippen MR) is 103 cm³/mol. The Bertz CT molecular complexity index is 898. The number of rotatable bonds is 4. The fourth-order valence-electron chi connectivity index (χ4n) is 3.62. The molecule has 0 radical (unpaired) electrons. The largest absolute Gasteiger partial charge is 0.496 e. The van der Waals surface area contributed by atoms with Crippen LogP contribution in [0.5, 0.6) is 17.2 Å². The average Bonchev–Trinajstić information content (AvgIpc) is 3.21. The quantitative estimate of drug-likeness (QED) is 0.819. The molecule has 28 heavy (non-hydrogen) atoms. The number of benzene rings is 2. The molecule has 4 rings (SSSR count). The first kappa shape index (κ1) is 18.2. The Labute approximate surface area is 163 Å². The number of amides is 2. The Hall–Kier alpha value is -3.22. The first-order valence-corrected chi connectivity index (χ1v) is 9.28. The van der Waals surface area contributed by atoms with E-state index in [1.165, 1.54) is 0 Å². The second-order valence-electron chi connectivity index (χ2n) is 6.85. The molecule has 0 aromatic heterocycles. The van der Waals surface area contributed by atoms with Crippen LogP contribution in [0.1, 0.15) is 23.2 Å². The highest BCUT2D eigenvalue weighted by atomic mass is 16.7. The van der Waals surface area contributed by atoms with Crippen molar-refractivity contribution >= 4 is 17.5 Å². The molecule has 0 saturated carbocycles. The van der Waals surface area contributed by atoms with E-state index in [1.807, 2.05) is 12.1 Å². The molecule has 2 aliphatic rings. The minimum atomic E-state index is -0.243. The number of para-hydroxylation sites is 1. The van der Waals surface area contributed by atoms with Gasteiger partial charge in [0.25, 0.3) is 0 Å². The van der Waals surface area contributed by atoms with Crippen LogP contribution in [0.4, 0.5) is 10.5 Å². The number of fused-ring (bicyclic) bond motifs is 1. The number of Topliss-reactive ketones (excluding diaryl/α,β-unsaturated/α-hetero) is 1. The molecule has 2 heterocycles. The molecular weight excluding hydrogens is 360 g/mol. The summed E-state index contributed by atoms with van der Waals surface area (Å²) in [5, 5.41) is 2.88. The predicted octanol–water partition coefficient (Wildman–Crippen LogP) is 3.55. The third-order valence-electron chi connectivity index (χ3n) is 5.08.